The minimum atomic E-state index is -0.460. The number of likely N-dealkylation sites (tertiary alicyclic amines) is 1. The van der Waals surface area contributed by atoms with Crippen LogP contribution in [0.1, 0.15) is 6.42 Å². The fraction of sp³-hybridized carbons (Fsp3) is 0.412. The van der Waals surface area contributed by atoms with Crippen molar-refractivity contribution in [1.29, 1.82) is 0 Å². The van der Waals surface area contributed by atoms with E-state index in [1.165, 1.54) is 0 Å². The molecule has 128 valence electrons. The molecular formula is C17H21ClN4O2. The van der Waals surface area contributed by atoms with Crippen LogP contribution >= 0.6 is 11.6 Å². The van der Waals surface area contributed by atoms with Crippen LogP contribution in [0, 0.1) is 0 Å². The normalized spacial score (nSPS) is 21.4. The number of halogens is 1. The summed E-state index contributed by atoms with van der Waals surface area (Å²) in [4.78, 5) is 10.5. The lowest BCUT2D eigenvalue weighted by Crippen LogP contribution is -2.50. The van der Waals surface area contributed by atoms with Crippen molar-refractivity contribution < 1.29 is 9.84 Å². The number of nitrogens with one attached hydrogen (secondary N) is 1. The summed E-state index contributed by atoms with van der Waals surface area (Å²) in [6.45, 7) is 2.85. The van der Waals surface area contributed by atoms with Crippen LogP contribution in [-0.4, -0.2) is 58.4 Å². The molecule has 1 aromatic heterocycles. The lowest BCUT2D eigenvalue weighted by atomic mass is 10.0. The third-order valence-electron chi connectivity index (χ3n) is 4.04. The Morgan fingerprint density at radius 3 is 2.71 bits per heavy atom. The number of hydrogen-bond acceptors (Lipinski definition) is 6. The maximum absolute atomic E-state index is 10.3. The molecule has 2 aromatic rings. The highest BCUT2D eigenvalue weighted by Gasteiger charge is 2.27. The number of aliphatic hydroxyl groups excluding tert-OH is 1. The van der Waals surface area contributed by atoms with Gasteiger partial charge in [-0.2, -0.15) is 0 Å². The van der Waals surface area contributed by atoms with Gasteiger partial charge < -0.3 is 15.2 Å². The molecule has 0 unspecified atom stereocenters. The molecule has 0 amide bonds. The molecule has 1 fully saturated rings. The first-order chi connectivity index (χ1) is 11.7. The monoisotopic (exact) mass is 348 g/mol. The van der Waals surface area contributed by atoms with Crippen LogP contribution in [-0.2, 0) is 0 Å². The lowest BCUT2D eigenvalue weighted by molar-refractivity contribution is 0.0530. The van der Waals surface area contributed by atoms with Crippen molar-refractivity contribution in [2.24, 2.45) is 0 Å². The van der Waals surface area contributed by atoms with E-state index in [1.807, 2.05) is 24.3 Å². The fourth-order valence-corrected chi connectivity index (χ4v) is 2.86. The first kappa shape index (κ1) is 17.0. The number of piperidine rings is 1. The molecule has 2 atom stereocenters. The highest BCUT2D eigenvalue weighted by molar-refractivity contribution is 6.30. The summed E-state index contributed by atoms with van der Waals surface area (Å²) in [5.41, 5.74) is 0. The van der Waals surface area contributed by atoms with E-state index in [-0.39, 0.29) is 6.04 Å². The van der Waals surface area contributed by atoms with Gasteiger partial charge in [-0.25, -0.2) is 9.97 Å². The van der Waals surface area contributed by atoms with Crippen molar-refractivity contribution >= 4 is 17.5 Å². The molecule has 1 aliphatic heterocycles. The van der Waals surface area contributed by atoms with E-state index in [2.05, 4.69) is 20.2 Å². The third kappa shape index (κ3) is 4.80. The first-order valence-electron chi connectivity index (χ1n) is 8.03. The molecule has 24 heavy (non-hydrogen) atoms. The van der Waals surface area contributed by atoms with E-state index in [4.69, 9.17) is 16.3 Å². The number of aromatic nitrogens is 2. The topological polar surface area (TPSA) is 70.5 Å². The number of β-amino-alcohol motifs (C(OH)–C–C–N with tert-alkyl or cyclic N) is 1. The smallest absolute Gasteiger partial charge is 0.222 e. The summed E-state index contributed by atoms with van der Waals surface area (Å²) in [6.07, 6.45) is 3.74. The van der Waals surface area contributed by atoms with E-state index in [9.17, 15) is 5.11 Å². The SMILES string of the molecule is O[C@@H]1CN(CCOc2ccc(Cl)cc2)CC[C@H]1Nc1ncccn1. The fourth-order valence-electron chi connectivity index (χ4n) is 2.73. The highest BCUT2D eigenvalue weighted by Crippen LogP contribution is 2.17. The quantitative estimate of drug-likeness (QED) is 0.832. The maximum Gasteiger partial charge on any atom is 0.222 e. The molecule has 0 bridgehead atoms. The van der Waals surface area contributed by atoms with E-state index < -0.39 is 6.10 Å². The summed E-state index contributed by atoms with van der Waals surface area (Å²) in [7, 11) is 0. The maximum atomic E-state index is 10.3. The Kier molecular flexibility index (Phi) is 5.85. The summed E-state index contributed by atoms with van der Waals surface area (Å²) >= 11 is 5.85. The molecule has 2 N–H and O–H groups in total. The minimum Gasteiger partial charge on any atom is -0.492 e. The number of aliphatic hydroxyl groups is 1. The first-order valence-corrected chi connectivity index (χ1v) is 8.41. The second-order valence-electron chi connectivity index (χ2n) is 5.78. The Hall–Kier alpha value is -1.89. The van der Waals surface area contributed by atoms with Crippen molar-refractivity contribution in [3.63, 3.8) is 0 Å². The Morgan fingerprint density at radius 2 is 2.00 bits per heavy atom. The highest BCUT2D eigenvalue weighted by atomic mass is 35.5. The Morgan fingerprint density at radius 1 is 1.25 bits per heavy atom. The third-order valence-corrected chi connectivity index (χ3v) is 4.29. The van der Waals surface area contributed by atoms with Gasteiger partial charge in [-0.3, -0.25) is 4.90 Å². The molecule has 2 heterocycles. The van der Waals surface area contributed by atoms with E-state index in [1.54, 1.807) is 18.5 Å². The van der Waals surface area contributed by atoms with Crippen molar-refractivity contribution in [2.45, 2.75) is 18.6 Å². The second kappa shape index (κ2) is 8.28. The zero-order valence-corrected chi connectivity index (χ0v) is 14.1. The number of hydrogen-bond donors (Lipinski definition) is 2. The molecule has 7 heteroatoms. The van der Waals surface area contributed by atoms with E-state index in [0.717, 1.165) is 25.3 Å². The van der Waals surface area contributed by atoms with Gasteiger partial charge in [0.2, 0.25) is 5.95 Å². The van der Waals surface area contributed by atoms with Crippen LogP contribution in [0.25, 0.3) is 0 Å². The van der Waals surface area contributed by atoms with Crippen molar-refractivity contribution in [3.8, 4) is 5.75 Å². The predicted molar refractivity (Wildman–Crippen MR) is 93.5 cm³/mol. The van der Waals surface area contributed by atoms with Crippen molar-refractivity contribution in [2.75, 3.05) is 31.6 Å². The molecule has 0 saturated carbocycles. The van der Waals surface area contributed by atoms with Gasteiger partial charge in [0.15, 0.2) is 0 Å². The van der Waals surface area contributed by atoms with Gasteiger partial charge >= 0.3 is 0 Å². The van der Waals surface area contributed by atoms with Crippen LogP contribution in [0.2, 0.25) is 5.02 Å². The summed E-state index contributed by atoms with van der Waals surface area (Å²) in [5.74, 6) is 1.36. The van der Waals surface area contributed by atoms with Gasteiger partial charge in [0.25, 0.3) is 0 Å². The van der Waals surface area contributed by atoms with Gasteiger partial charge in [0, 0.05) is 37.1 Å². The van der Waals surface area contributed by atoms with E-state index in [0.29, 0.717) is 24.1 Å². The number of ether oxygens (including phenoxy) is 1. The van der Waals surface area contributed by atoms with E-state index >= 15 is 0 Å². The van der Waals surface area contributed by atoms with Gasteiger partial charge in [0.1, 0.15) is 12.4 Å². The number of benzene rings is 1. The van der Waals surface area contributed by atoms with Gasteiger partial charge in [0.05, 0.1) is 12.1 Å². The van der Waals surface area contributed by atoms with Crippen LogP contribution in [0.3, 0.4) is 0 Å². The lowest BCUT2D eigenvalue weighted by Gasteiger charge is -2.36. The van der Waals surface area contributed by atoms with Crippen LogP contribution in [0.5, 0.6) is 5.75 Å². The number of rotatable bonds is 6. The molecule has 0 aliphatic carbocycles. The molecule has 1 aromatic carbocycles. The number of nitrogens with zero attached hydrogens (tertiary/aromatic N) is 3. The van der Waals surface area contributed by atoms with Gasteiger partial charge in [-0.15, -0.1) is 0 Å². The predicted octanol–water partition coefficient (Wildman–Crippen LogP) is 2.06. The van der Waals surface area contributed by atoms with Crippen LogP contribution in [0.15, 0.2) is 42.7 Å². The molecule has 3 rings (SSSR count). The largest absolute Gasteiger partial charge is 0.492 e. The average molecular weight is 349 g/mol. The molecule has 1 aliphatic rings. The summed E-state index contributed by atoms with van der Waals surface area (Å²) in [6, 6.07) is 9.07. The second-order valence-corrected chi connectivity index (χ2v) is 6.22. The molecule has 0 radical (unpaired) electrons. The molecule has 1 saturated heterocycles. The Bertz CT molecular complexity index is 626. The summed E-state index contributed by atoms with van der Waals surface area (Å²) in [5, 5.41) is 14.2. The zero-order valence-electron chi connectivity index (χ0n) is 13.3. The van der Waals surface area contributed by atoms with Crippen LogP contribution < -0.4 is 10.1 Å². The van der Waals surface area contributed by atoms with Gasteiger partial charge in [-0.05, 0) is 36.8 Å². The van der Waals surface area contributed by atoms with Crippen molar-refractivity contribution in [1.82, 2.24) is 14.9 Å². The number of anilines is 1. The molecular weight excluding hydrogens is 328 g/mol. The average Bonchev–Trinajstić information content (AvgIpc) is 2.60. The zero-order chi connectivity index (χ0) is 16.8. The Labute approximate surface area is 146 Å². The van der Waals surface area contributed by atoms with Crippen molar-refractivity contribution in [3.05, 3.63) is 47.7 Å². The molecule has 6 nitrogen and oxygen atoms in total. The minimum absolute atomic E-state index is 0.0270. The standard InChI is InChI=1S/C17H21ClN4O2/c18-13-2-4-14(5-3-13)24-11-10-22-9-6-15(16(23)12-22)21-17-19-7-1-8-20-17/h1-5,7-8,15-16,23H,6,9-12H2,(H,19,20,21)/t15-,16-/m1/s1. The Balaban J connectivity index is 1.41. The van der Waals surface area contributed by atoms with Crippen LogP contribution in [0.4, 0.5) is 5.95 Å². The van der Waals surface area contributed by atoms with Gasteiger partial charge in [-0.1, -0.05) is 11.6 Å². The summed E-state index contributed by atoms with van der Waals surface area (Å²) < 4.78 is 5.70. The molecule has 0 spiro atoms.